The zero-order chi connectivity index (χ0) is 16.0. The lowest BCUT2D eigenvalue weighted by Crippen LogP contribution is -2.45. The molecular formula is C18H21FN2O2. The zero-order valence-electron chi connectivity index (χ0n) is 13.2. The second-order valence-corrected chi connectivity index (χ2v) is 6.96. The highest BCUT2D eigenvalue weighted by atomic mass is 19.1. The van der Waals surface area contributed by atoms with Gasteiger partial charge in [-0.3, -0.25) is 4.79 Å². The quantitative estimate of drug-likeness (QED) is 0.911. The number of aromatic nitrogens is 1. The lowest BCUT2D eigenvalue weighted by Gasteiger charge is -2.29. The molecule has 2 N–H and O–H groups in total. The molecule has 0 radical (unpaired) electrons. The Morgan fingerprint density at radius 2 is 2.35 bits per heavy atom. The minimum atomic E-state index is -0.383. The summed E-state index contributed by atoms with van der Waals surface area (Å²) in [5, 5.41) is 4.07. The first-order valence-electron chi connectivity index (χ1n) is 8.25. The summed E-state index contributed by atoms with van der Waals surface area (Å²) in [6, 6.07) is 4.74. The average molecular weight is 316 g/mol. The number of hydrogen-bond acceptors (Lipinski definition) is 2. The molecule has 2 saturated heterocycles. The minimum absolute atomic E-state index is 0.0727. The van der Waals surface area contributed by atoms with E-state index in [-0.39, 0.29) is 29.3 Å². The van der Waals surface area contributed by atoms with E-state index >= 15 is 0 Å². The highest BCUT2D eigenvalue weighted by molar-refractivity contribution is 5.84. The van der Waals surface area contributed by atoms with Crippen LogP contribution in [-0.4, -0.2) is 29.6 Å². The highest BCUT2D eigenvalue weighted by Gasteiger charge is 2.53. The number of rotatable bonds is 4. The number of benzene rings is 1. The first-order valence-corrected chi connectivity index (χ1v) is 8.25. The SMILES string of the molecule is C[C@@]1(C(=O)NCCc2c[nH]c3cc(F)ccc23)C[C@H]2CC[C@H]1O2. The van der Waals surface area contributed by atoms with Crippen molar-refractivity contribution in [2.75, 3.05) is 6.54 Å². The molecule has 23 heavy (non-hydrogen) atoms. The van der Waals surface area contributed by atoms with Gasteiger partial charge in [0.1, 0.15) is 5.82 Å². The van der Waals surface area contributed by atoms with Gasteiger partial charge in [-0.2, -0.15) is 0 Å². The number of carbonyl (C=O) groups excluding carboxylic acids is 1. The standard InChI is InChI=1S/C18H21FN2O2/c1-18(9-13-3-5-16(18)23-13)17(22)20-7-6-11-10-21-15-8-12(19)2-4-14(11)15/h2,4,8,10,13,16,21H,3,5-7,9H2,1H3,(H,20,22)/t13-,16-,18-/m1/s1. The molecule has 2 aromatic rings. The van der Waals surface area contributed by atoms with E-state index in [2.05, 4.69) is 10.3 Å². The Labute approximate surface area is 134 Å². The van der Waals surface area contributed by atoms with Crippen molar-refractivity contribution < 1.29 is 13.9 Å². The van der Waals surface area contributed by atoms with Crippen molar-refractivity contribution >= 4 is 16.8 Å². The maximum Gasteiger partial charge on any atom is 0.228 e. The summed E-state index contributed by atoms with van der Waals surface area (Å²) in [6.07, 6.45) is 5.85. The Bertz CT molecular complexity index is 757. The molecule has 4 nitrogen and oxygen atoms in total. The average Bonchev–Trinajstić information content (AvgIpc) is 3.21. The number of aromatic amines is 1. The second-order valence-electron chi connectivity index (χ2n) is 6.96. The van der Waals surface area contributed by atoms with Crippen LogP contribution in [0, 0.1) is 11.2 Å². The number of carbonyl (C=O) groups is 1. The molecule has 3 heterocycles. The summed E-state index contributed by atoms with van der Waals surface area (Å²) in [5.74, 6) is -0.154. The van der Waals surface area contributed by atoms with Crippen LogP contribution in [-0.2, 0) is 16.0 Å². The summed E-state index contributed by atoms with van der Waals surface area (Å²) < 4.78 is 19.0. The van der Waals surface area contributed by atoms with Gasteiger partial charge < -0.3 is 15.0 Å². The van der Waals surface area contributed by atoms with E-state index < -0.39 is 0 Å². The fourth-order valence-electron chi connectivity index (χ4n) is 4.05. The van der Waals surface area contributed by atoms with E-state index in [0.29, 0.717) is 6.54 Å². The highest BCUT2D eigenvalue weighted by Crippen LogP contribution is 2.47. The van der Waals surface area contributed by atoms with Crippen molar-refractivity contribution in [1.29, 1.82) is 0 Å². The molecule has 1 aromatic carbocycles. The van der Waals surface area contributed by atoms with Crippen LogP contribution in [0.3, 0.4) is 0 Å². The van der Waals surface area contributed by atoms with Crippen LogP contribution >= 0.6 is 0 Å². The third-order valence-corrected chi connectivity index (χ3v) is 5.40. The summed E-state index contributed by atoms with van der Waals surface area (Å²) in [4.78, 5) is 15.6. The van der Waals surface area contributed by atoms with Crippen LogP contribution < -0.4 is 5.32 Å². The summed E-state index contributed by atoms with van der Waals surface area (Å²) in [5.41, 5.74) is 1.50. The van der Waals surface area contributed by atoms with Crippen molar-refractivity contribution in [2.45, 2.75) is 44.8 Å². The maximum absolute atomic E-state index is 13.2. The van der Waals surface area contributed by atoms with Crippen LogP contribution in [0.25, 0.3) is 10.9 Å². The minimum Gasteiger partial charge on any atom is -0.374 e. The molecule has 122 valence electrons. The van der Waals surface area contributed by atoms with Gasteiger partial charge in [0.25, 0.3) is 0 Å². The van der Waals surface area contributed by atoms with Gasteiger partial charge in [0.05, 0.1) is 17.6 Å². The Kier molecular flexibility index (Phi) is 3.41. The van der Waals surface area contributed by atoms with Crippen LogP contribution in [0.2, 0.25) is 0 Å². The number of fused-ring (bicyclic) bond motifs is 3. The van der Waals surface area contributed by atoms with Crippen molar-refractivity contribution in [1.82, 2.24) is 10.3 Å². The van der Waals surface area contributed by atoms with Crippen LogP contribution in [0.15, 0.2) is 24.4 Å². The lowest BCUT2D eigenvalue weighted by atomic mass is 9.75. The monoisotopic (exact) mass is 316 g/mol. The van der Waals surface area contributed by atoms with Crippen molar-refractivity contribution in [3.05, 3.63) is 35.8 Å². The second kappa shape index (κ2) is 5.34. The molecule has 1 amide bonds. The predicted molar refractivity (Wildman–Crippen MR) is 85.6 cm³/mol. The van der Waals surface area contributed by atoms with Gasteiger partial charge in [-0.15, -0.1) is 0 Å². The fourth-order valence-corrected chi connectivity index (χ4v) is 4.05. The fraction of sp³-hybridized carbons (Fsp3) is 0.500. The van der Waals surface area contributed by atoms with Gasteiger partial charge in [-0.05, 0) is 56.4 Å². The number of amides is 1. The van der Waals surface area contributed by atoms with Gasteiger partial charge in [-0.1, -0.05) is 0 Å². The molecule has 3 atom stereocenters. The Balaban J connectivity index is 1.39. The first-order chi connectivity index (χ1) is 11.1. The molecule has 5 heteroatoms. The maximum atomic E-state index is 13.2. The van der Waals surface area contributed by atoms with Crippen LogP contribution in [0.1, 0.15) is 31.7 Å². The molecular weight excluding hydrogens is 295 g/mol. The van der Waals surface area contributed by atoms with Crippen molar-refractivity contribution in [3.63, 3.8) is 0 Å². The van der Waals surface area contributed by atoms with E-state index in [4.69, 9.17) is 4.74 Å². The number of ether oxygens (including phenoxy) is 1. The van der Waals surface area contributed by atoms with Gasteiger partial charge >= 0.3 is 0 Å². The molecule has 0 saturated carbocycles. The van der Waals surface area contributed by atoms with E-state index in [9.17, 15) is 9.18 Å². The Hall–Kier alpha value is -1.88. The van der Waals surface area contributed by atoms with E-state index in [1.807, 2.05) is 13.1 Å². The normalized spacial score (nSPS) is 29.3. The van der Waals surface area contributed by atoms with E-state index in [0.717, 1.165) is 42.1 Å². The van der Waals surface area contributed by atoms with Crippen LogP contribution in [0.5, 0.6) is 0 Å². The van der Waals surface area contributed by atoms with Crippen LogP contribution in [0.4, 0.5) is 4.39 Å². The zero-order valence-corrected chi connectivity index (χ0v) is 13.2. The van der Waals surface area contributed by atoms with Gasteiger partial charge in [0.2, 0.25) is 5.91 Å². The summed E-state index contributed by atoms with van der Waals surface area (Å²) in [7, 11) is 0. The Morgan fingerprint density at radius 3 is 3.09 bits per heavy atom. The number of H-pyrrole nitrogens is 1. The van der Waals surface area contributed by atoms with E-state index in [1.54, 1.807) is 6.07 Å². The third-order valence-electron chi connectivity index (χ3n) is 5.40. The largest absolute Gasteiger partial charge is 0.374 e. The summed E-state index contributed by atoms with van der Waals surface area (Å²) in [6.45, 7) is 2.59. The predicted octanol–water partition coefficient (Wildman–Crippen LogP) is 2.92. The molecule has 2 bridgehead atoms. The summed E-state index contributed by atoms with van der Waals surface area (Å²) >= 11 is 0. The Morgan fingerprint density at radius 1 is 1.48 bits per heavy atom. The third kappa shape index (κ3) is 2.43. The molecule has 0 unspecified atom stereocenters. The number of nitrogens with one attached hydrogen (secondary N) is 2. The molecule has 0 aliphatic carbocycles. The molecule has 4 rings (SSSR count). The van der Waals surface area contributed by atoms with Gasteiger partial charge in [0, 0.05) is 23.6 Å². The smallest absolute Gasteiger partial charge is 0.228 e. The lowest BCUT2D eigenvalue weighted by molar-refractivity contribution is -0.132. The number of halogens is 1. The number of hydrogen-bond donors (Lipinski definition) is 2. The molecule has 2 aliphatic heterocycles. The molecule has 2 fully saturated rings. The first kappa shape index (κ1) is 14.7. The van der Waals surface area contributed by atoms with Crippen molar-refractivity contribution in [3.8, 4) is 0 Å². The van der Waals surface area contributed by atoms with Gasteiger partial charge in [-0.25, -0.2) is 4.39 Å². The molecule has 0 spiro atoms. The van der Waals surface area contributed by atoms with Gasteiger partial charge in [0.15, 0.2) is 0 Å². The molecule has 2 aliphatic rings. The van der Waals surface area contributed by atoms with Crippen molar-refractivity contribution in [2.24, 2.45) is 5.41 Å². The topological polar surface area (TPSA) is 54.1 Å². The molecule has 1 aromatic heterocycles. The van der Waals surface area contributed by atoms with E-state index in [1.165, 1.54) is 12.1 Å².